The van der Waals surface area contributed by atoms with Crippen molar-refractivity contribution in [1.29, 1.82) is 0 Å². The summed E-state index contributed by atoms with van der Waals surface area (Å²) in [7, 11) is 0. The van der Waals surface area contributed by atoms with Crippen molar-refractivity contribution in [3.63, 3.8) is 0 Å². The fourth-order valence-corrected chi connectivity index (χ4v) is 2.48. The van der Waals surface area contributed by atoms with Crippen LogP contribution in [0.1, 0.15) is 32.3 Å². The molecule has 1 unspecified atom stereocenters. The predicted molar refractivity (Wildman–Crippen MR) is 69.1 cm³/mol. The molecule has 18 heavy (non-hydrogen) atoms. The smallest absolute Gasteiger partial charge is 0.307 e. The van der Waals surface area contributed by atoms with Crippen LogP contribution < -0.4 is 0 Å². The summed E-state index contributed by atoms with van der Waals surface area (Å²) in [5.41, 5.74) is 1.25. The number of hydrogen-bond donors (Lipinski definition) is 1. The summed E-state index contributed by atoms with van der Waals surface area (Å²) in [6, 6.07) is 3.97. The lowest BCUT2D eigenvalue weighted by atomic mass is 9.84. The molecule has 4 heteroatoms. The zero-order chi connectivity index (χ0) is 13.2. The number of aromatic nitrogens is 1. The first-order valence-electron chi connectivity index (χ1n) is 6.36. The van der Waals surface area contributed by atoms with Crippen molar-refractivity contribution in [1.82, 2.24) is 9.88 Å². The second kappa shape index (κ2) is 5.06. The van der Waals surface area contributed by atoms with Gasteiger partial charge in [-0.05, 0) is 44.4 Å². The molecule has 0 bridgehead atoms. The molecule has 0 radical (unpaired) electrons. The van der Waals surface area contributed by atoms with E-state index in [1.165, 1.54) is 5.56 Å². The standard InChI is InChI=1S/C14H20N2O2/c1-14(2)6-3-12(13(17)18)10-16(14)9-11-4-7-15-8-5-11/h4-5,7-8,12H,3,6,9-10H2,1-2H3,(H,17,18). The number of carboxylic acid groups (broad SMARTS) is 1. The van der Waals surface area contributed by atoms with Gasteiger partial charge in [-0.2, -0.15) is 0 Å². The van der Waals surface area contributed by atoms with E-state index in [4.69, 9.17) is 5.11 Å². The van der Waals surface area contributed by atoms with E-state index in [0.29, 0.717) is 6.54 Å². The number of piperidine rings is 1. The van der Waals surface area contributed by atoms with Gasteiger partial charge in [0.2, 0.25) is 0 Å². The van der Waals surface area contributed by atoms with Crippen molar-refractivity contribution in [2.75, 3.05) is 6.54 Å². The Morgan fingerprint density at radius 2 is 2.17 bits per heavy atom. The van der Waals surface area contributed by atoms with Gasteiger partial charge in [0.05, 0.1) is 5.92 Å². The molecule has 1 saturated heterocycles. The molecule has 2 rings (SSSR count). The minimum atomic E-state index is -0.676. The molecule has 0 spiro atoms. The summed E-state index contributed by atoms with van der Waals surface area (Å²) >= 11 is 0. The van der Waals surface area contributed by atoms with Crippen LogP contribution in [-0.2, 0) is 11.3 Å². The van der Waals surface area contributed by atoms with Crippen LogP contribution in [0.25, 0.3) is 0 Å². The molecule has 2 heterocycles. The Kier molecular flexibility index (Phi) is 3.66. The Morgan fingerprint density at radius 1 is 1.50 bits per heavy atom. The van der Waals surface area contributed by atoms with E-state index in [9.17, 15) is 4.79 Å². The van der Waals surface area contributed by atoms with E-state index in [2.05, 4.69) is 23.7 Å². The van der Waals surface area contributed by atoms with Gasteiger partial charge in [-0.15, -0.1) is 0 Å². The Hall–Kier alpha value is -1.42. The minimum Gasteiger partial charge on any atom is -0.481 e. The van der Waals surface area contributed by atoms with Crippen molar-refractivity contribution < 1.29 is 9.90 Å². The van der Waals surface area contributed by atoms with Gasteiger partial charge in [0.1, 0.15) is 0 Å². The molecular weight excluding hydrogens is 228 g/mol. The van der Waals surface area contributed by atoms with Gasteiger partial charge in [-0.1, -0.05) is 0 Å². The van der Waals surface area contributed by atoms with Gasteiger partial charge in [0, 0.05) is 31.0 Å². The van der Waals surface area contributed by atoms with E-state index in [0.717, 1.165) is 19.4 Å². The Labute approximate surface area is 108 Å². The molecule has 1 fully saturated rings. The number of carboxylic acids is 1. The first kappa shape index (κ1) is 13.0. The third-order valence-electron chi connectivity index (χ3n) is 3.87. The van der Waals surface area contributed by atoms with Gasteiger partial charge in [0.25, 0.3) is 0 Å². The number of hydrogen-bond acceptors (Lipinski definition) is 3. The molecule has 1 aromatic rings. The minimum absolute atomic E-state index is 0.0647. The molecule has 0 aliphatic carbocycles. The maximum absolute atomic E-state index is 11.1. The van der Waals surface area contributed by atoms with Crippen LogP contribution >= 0.6 is 0 Å². The summed E-state index contributed by atoms with van der Waals surface area (Å²) in [6.07, 6.45) is 5.26. The molecule has 0 amide bonds. The first-order chi connectivity index (χ1) is 8.49. The number of nitrogens with zero attached hydrogens (tertiary/aromatic N) is 2. The van der Waals surface area contributed by atoms with E-state index >= 15 is 0 Å². The summed E-state index contributed by atoms with van der Waals surface area (Å²) in [6.45, 7) is 5.79. The van der Waals surface area contributed by atoms with Crippen molar-refractivity contribution in [2.24, 2.45) is 5.92 Å². The lowest BCUT2D eigenvalue weighted by Crippen LogP contribution is -2.51. The van der Waals surface area contributed by atoms with Crippen LogP contribution in [-0.4, -0.2) is 33.0 Å². The molecule has 1 aromatic heterocycles. The van der Waals surface area contributed by atoms with Crippen molar-refractivity contribution in [3.8, 4) is 0 Å². The highest BCUT2D eigenvalue weighted by molar-refractivity contribution is 5.70. The maximum atomic E-state index is 11.1. The van der Waals surface area contributed by atoms with Gasteiger partial charge in [-0.25, -0.2) is 0 Å². The average Bonchev–Trinajstić information content (AvgIpc) is 2.33. The fourth-order valence-electron chi connectivity index (χ4n) is 2.48. The maximum Gasteiger partial charge on any atom is 0.307 e. The van der Waals surface area contributed by atoms with Crippen LogP contribution in [0.5, 0.6) is 0 Å². The second-order valence-corrected chi connectivity index (χ2v) is 5.62. The van der Waals surface area contributed by atoms with Crippen molar-refractivity contribution >= 4 is 5.97 Å². The van der Waals surface area contributed by atoms with Crippen LogP contribution in [0.15, 0.2) is 24.5 Å². The highest BCUT2D eigenvalue weighted by Crippen LogP contribution is 2.31. The molecule has 0 saturated carbocycles. The van der Waals surface area contributed by atoms with Gasteiger partial charge in [-0.3, -0.25) is 14.7 Å². The van der Waals surface area contributed by atoms with Crippen LogP contribution in [0, 0.1) is 5.92 Å². The Bertz CT molecular complexity index is 417. The SMILES string of the molecule is CC1(C)CCC(C(=O)O)CN1Cc1ccncc1. The normalized spacial score (nSPS) is 23.8. The van der Waals surface area contributed by atoms with Gasteiger partial charge < -0.3 is 5.11 Å². The van der Waals surface area contributed by atoms with E-state index in [1.54, 1.807) is 12.4 Å². The first-order valence-corrected chi connectivity index (χ1v) is 6.36. The van der Waals surface area contributed by atoms with E-state index < -0.39 is 5.97 Å². The number of carbonyl (C=O) groups is 1. The summed E-state index contributed by atoms with van der Waals surface area (Å²) in [5.74, 6) is -0.912. The predicted octanol–water partition coefficient (Wildman–Crippen LogP) is 2.16. The quantitative estimate of drug-likeness (QED) is 0.890. The summed E-state index contributed by atoms with van der Waals surface area (Å²) in [4.78, 5) is 17.4. The lowest BCUT2D eigenvalue weighted by Gasteiger charge is -2.44. The molecule has 1 aliphatic rings. The molecule has 1 aliphatic heterocycles. The molecule has 1 N–H and O–H groups in total. The molecule has 98 valence electrons. The lowest BCUT2D eigenvalue weighted by molar-refractivity contribution is -0.145. The largest absolute Gasteiger partial charge is 0.481 e. The fraction of sp³-hybridized carbons (Fsp3) is 0.571. The highest BCUT2D eigenvalue weighted by atomic mass is 16.4. The number of rotatable bonds is 3. The number of pyridine rings is 1. The number of aliphatic carboxylic acids is 1. The number of likely N-dealkylation sites (tertiary alicyclic amines) is 1. The highest BCUT2D eigenvalue weighted by Gasteiger charge is 2.36. The summed E-state index contributed by atoms with van der Waals surface area (Å²) in [5, 5.41) is 9.16. The van der Waals surface area contributed by atoms with Crippen LogP contribution in [0.4, 0.5) is 0 Å². The average molecular weight is 248 g/mol. The summed E-state index contributed by atoms with van der Waals surface area (Å²) < 4.78 is 0. The van der Waals surface area contributed by atoms with Crippen molar-refractivity contribution in [3.05, 3.63) is 30.1 Å². The molecular formula is C14H20N2O2. The van der Waals surface area contributed by atoms with Crippen LogP contribution in [0.2, 0.25) is 0 Å². The molecule has 0 aromatic carbocycles. The zero-order valence-corrected chi connectivity index (χ0v) is 11.0. The van der Waals surface area contributed by atoms with E-state index in [1.807, 2.05) is 12.1 Å². The third kappa shape index (κ3) is 2.88. The Morgan fingerprint density at radius 3 is 2.78 bits per heavy atom. The third-order valence-corrected chi connectivity index (χ3v) is 3.87. The topological polar surface area (TPSA) is 53.4 Å². The zero-order valence-electron chi connectivity index (χ0n) is 11.0. The molecule has 1 atom stereocenters. The van der Waals surface area contributed by atoms with Gasteiger partial charge in [0.15, 0.2) is 0 Å². The molecule has 4 nitrogen and oxygen atoms in total. The van der Waals surface area contributed by atoms with Crippen LogP contribution in [0.3, 0.4) is 0 Å². The van der Waals surface area contributed by atoms with Gasteiger partial charge >= 0.3 is 5.97 Å². The second-order valence-electron chi connectivity index (χ2n) is 5.62. The van der Waals surface area contributed by atoms with E-state index in [-0.39, 0.29) is 11.5 Å². The Balaban J connectivity index is 2.10. The monoisotopic (exact) mass is 248 g/mol. The van der Waals surface area contributed by atoms with Crippen molar-refractivity contribution in [2.45, 2.75) is 38.8 Å².